The lowest BCUT2D eigenvalue weighted by Gasteiger charge is -2.40. The van der Waals surface area contributed by atoms with Crippen molar-refractivity contribution < 1.29 is 9.84 Å². The van der Waals surface area contributed by atoms with E-state index in [1.807, 2.05) is 0 Å². The van der Waals surface area contributed by atoms with Crippen LogP contribution in [0.1, 0.15) is 25.3 Å². The van der Waals surface area contributed by atoms with Gasteiger partial charge < -0.3 is 20.1 Å². The van der Waals surface area contributed by atoms with Crippen molar-refractivity contribution in [3.8, 4) is 0 Å². The predicted molar refractivity (Wildman–Crippen MR) is 87.6 cm³/mol. The van der Waals surface area contributed by atoms with Gasteiger partial charge in [-0.25, -0.2) is 0 Å². The van der Waals surface area contributed by atoms with Gasteiger partial charge in [0.1, 0.15) is 0 Å². The number of ether oxygens (including phenoxy) is 1. The number of benzene rings is 1. The van der Waals surface area contributed by atoms with Crippen LogP contribution in [0.2, 0.25) is 0 Å². The highest BCUT2D eigenvalue weighted by atomic mass is 79.9. The first kappa shape index (κ1) is 15.3. The Balaban J connectivity index is 1.80. The van der Waals surface area contributed by atoms with Crippen LogP contribution in [0.4, 0.5) is 5.69 Å². The van der Waals surface area contributed by atoms with Crippen LogP contribution in [0.3, 0.4) is 0 Å². The minimum absolute atomic E-state index is 0.0788. The molecule has 1 aliphatic carbocycles. The molecule has 0 spiro atoms. The monoisotopic (exact) mass is 354 g/mol. The third-order valence-electron chi connectivity index (χ3n) is 4.22. The molecule has 4 nitrogen and oxygen atoms in total. The van der Waals surface area contributed by atoms with Crippen LogP contribution < -0.4 is 10.2 Å². The zero-order chi connectivity index (χ0) is 14.8. The van der Waals surface area contributed by atoms with Crippen molar-refractivity contribution in [2.75, 3.05) is 24.7 Å². The number of nitrogens with zero attached hydrogens (tertiary/aromatic N) is 1. The third-order valence-corrected chi connectivity index (χ3v) is 4.71. The molecule has 1 heterocycles. The van der Waals surface area contributed by atoms with Crippen LogP contribution >= 0.6 is 15.9 Å². The van der Waals surface area contributed by atoms with E-state index in [9.17, 15) is 5.11 Å². The summed E-state index contributed by atoms with van der Waals surface area (Å²) in [4.78, 5) is 2.36. The Morgan fingerprint density at radius 1 is 1.43 bits per heavy atom. The summed E-state index contributed by atoms with van der Waals surface area (Å²) in [7, 11) is 0. The van der Waals surface area contributed by atoms with E-state index in [4.69, 9.17) is 4.74 Å². The summed E-state index contributed by atoms with van der Waals surface area (Å²) in [6.07, 6.45) is 2.50. The van der Waals surface area contributed by atoms with Crippen molar-refractivity contribution in [2.24, 2.45) is 0 Å². The molecule has 2 N–H and O–H groups in total. The van der Waals surface area contributed by atoms with Gasteiger partial charge in [-0.2, -0.15) is 0 Å². The Morgan fingerprint density at radius 2 is 2.24 bits per heavy atom. The molecule has 1 aromatic carbocycles. The van der Waals surface area contributed by atoms with E-state index in [1.54, 1.807) is 0 Å². The zero-order valence-electron chi connectivity index (χ0n) is 12.4. The van der Waals surface area contributed by atoms with Gasteiger partial charge in [-0.05, 0) is 43.5 Å². The van der Waals surface area contributed by atoms with Gasteiger partial charge in [0.25, 0.3) is 0 Å². The van der Waals surface area contributed by atoms with E-state index in [2.05, 4.69) is 51.3 Å². The van der Waals surface area contributed by atoms with Crippen LogP contribution in [-0.4, -0.2) is 43.1 Å². The summed E-state index contributed by atoms with van der Waals surface area (Å²) in [5.41, 5.74) is 2.56. The Hall–Kier alpha value is -0.620. The molecule has 116 valence electrons. The van der Waals surface area contributed by atoms with Crippen molar-refractivity contribution >= 4 is 21.6 Å². The number of aliphatic hydroxyl groups excluding tert-OH is 1. The Labute approximate surface area is 134 Å². The van der Waals surface area contributed by atoms with Crippen LogP contribution in [0.5, 0.6) is 0 Å². The number of rotatable bonds is 5. The second-order valence-corrected chi connectivity index (χ2v) is 6.98. The second-order valence-electron chi connectivity index (χ2n) is 6.07. The standard InChI is InChI=1S/C16H23BrN2O2/c1-11-10-21-15(9-20)8-19(11)16-5-2-13(17)6-12(16)7-18-14-3-4-14/h2,5-6,11,14-15,18,20H,3-4,7-10H2,1H3. The number of morpholine rings is 1. The van der Waals surface area contributed by atoms with Gasteiger partial charge in [-0.15, -0.1) is 0 Å². The molecule has 2 atom stereocenters. The van der Waals surface area contributed by atoms with Gasteiger partial charge in [-0.1, -0.05) is 15.9 Å². The lowest BCUT2D eigenvalue weighted by atomic mass is 10.1. The maximum Gasteiger partial charge on any atom is 0.0981 e. The average Bonchev–Trinajstić information content (AvgIpc) is 3.30. The van der Waals surface area contributed by atoms with E-state index in [-0.39, 0.29) is 12.7 Å². The Morgan fingerprint density at radius 3 is 2.95 bits per heavy atom. The van der Waals surface area contributed by atoms with E-state index >= 15 is 0 Å². The van der Waals surface area contributed by atoms with Crippen molar-refractivity contribution in [3.63, 3.8) is 0 Å². The average molecular weight is 355 g/mol. The fraction of sp³-hybridized carbons (Fsp3) is 0.625. The minimum atomic E-state index is -0.0888. The van der Waals surface area contributed by atoms with Crippen LogP contribution in [-0.2, 0) is 11.3 Å². The normalized spacial score (nSPS) is 26.1. The van der Waals surface area contributed by atoms with E-state index < -0.39 is 0 Å². The van der Waals surface area contributed by atoms with Crippen LogP contribution in [0, 0.1) is 0 Å². The van der Waals surface area contributed by atoms with Gasteiger partial charge >= 0.3 is 0 Å². The van der Waals surface area contributed by atoms with Crippen LogP contribution in [0.25, 0.3) is 0 Å². The van der Waals surface area contributed by atoms with E-state index in [0.29, 0.717) is 18.7 Å². The van der Waals surface area contributed by atoms with Crippen molar-refractivity contribution in [1.29, 1.82) is 0 Å². The highest BCUT2D eigenvalue weighted by Gasteiger charge is 2.28. The molecule has 3 rings (SSSR count). The van der Waals surface area contributed by atoms with Crippen molar-refractivity contribution in [2.45, 2.75) is 44.5 Å². The highest BCUT2D eigenvalue weighted by molar-refractivity contribution is 9.10. The van der Waals surface area contributed by atoms with E-state index in [0.717, 1.165) is 17.6 Å². The first-order valence-electron chi connectivity index (χ1n) is 7.68. The van der Waals surface area contributed by atoms with Crippen LogP contribution in [0.15, 0.2) is 22.7 Å². The summed E-state index contributed by atoms with van der Waals surface area (Å²) in [5.74, 6) is 0. The largest absolute Gasteiger partial charge is 0.394 e. The summed E-state index contributed by atoms with van der Waals surface area (Å²) in [5, 5.41) is 13.0. The van der Waals surface area contributed by atoms with Crippen molar-refractivity contribution in [3.05, 3.63) is 28.2 Å². The zero-order valence-corrected chi connectivity index (χ0v) is 14.0. The minimum Gasteiger partial charge on any atom is -0.394 e. The number of aliphatic hydroxyl groups is 1. The molecule has 2 unspecified atom stereocenters. The molecule has 21 heavy (non-hydrogen) atoms. The molecule has 2 fully saturated rings. The second kappa shape index (κ2) is 6.65. The van der Waals surface area contributed by atoms with Gasteiger partial charge in [-0.3, -0.25) is 0 Å². The summed E-state index contributed by atoms with van der Waals surface area (Å²) < 4.78 is 6.76. The smallest absolute Gasteiger partial charge is 0.0981 e. The number of hydrogen-bond acceptors (Lipinski definition) is 4. The highest BCUT2D eigenvalue weighted by Crippen LogP contribution is 2.29. The van der Waals surface area contributed by atoms with Gasteiger partial charge in [0, 0.05) is 35.3 Å². The lowest BCUT2D eigenvalue weighted by molar-refractivity contribution is -0.0103. The molecule has 0 amide bonds. The first-order chi connectivity index (χ1) is 10.2. The number of halogens is 1. The predicted octanol–water partition coefficient (Wildman–Crippen LogP) is 2.29. The van der Waals surface area contributed by atoms with Gasteiger partial charge in [0.2, 0.25) is 0 Å². The Kier molecular flexibility index (Phi) is 4.84. The maximum absolute atomic E-state index is 9.37. The van der Waals surface area contributed by atoms with Gasteiger partial charge in [0.15, 0.2) is 0 Å². The molecule has 1 aliphatic heterocycles. The van der Waals surface area contributed by atoms with E-state index in [1.165, 1.54) is 24.1 Å². The fourth-order valence-corrected chi connectivity index (χ4v) is 3.19. The molecule has 0 bridgehead atoms. The summed E-state index contributed by atoms with van der Waals surface area (Å²) in [6, 6.07) is 7.48. The molecule has 1 aromatic rings. The van der Waals surface area contributed by atoms with Gasteiger partial charge in [0.05, 0.1) is 19.3 Å². The fourth-order valence-electron chi connectivity index (χ4n) is 2.78. The molecule has 5 heteroatoms. The summed E-state index contributed by atoms with van der Waals surface area (Å²) in [6.45, 7) is 4.56. The molecule has 0 radical (unpaired) electrons. The molecule has 1 saturated carbocycles. The first-order valence-corrected chi connectivity index (χ1v) is 8.47. The summed E-state index contributed by atoms with van der Waals surface area (Å²) >= 11 is 3.57. The topological polar surface area (TPSA) is 44.7 Å². The quantitative estimate of drug-likeness (QED) is 0.851. The van der Waals surface area contributed by atoms with Crippen molar-refractivity contribution in [1.82, 2.24) is 5.32 Å². The Bertz CT molecular complexity index is 493. The number of nitrogens with one attached hydrogen (secondary N) is 1. The number of anilines is 1. The molecule has 0 aromatic heterocycles. The lowest BCUT2D eigenvalue weighted by Crippen LogP contribution is -2.50. The molecule has 1 saturated heterocycles. The number of hydrogen-bond donors (Lipinski definition) is 2. The molecular weight excluding hydrogens is 332 g/mol. The maximum atomic E-state index is 9.37. The molecular formula is C16H23BrN2O2. The third kappa shape index (κ3) is 3.77. The SMILES string of the molecule is CC1COC(CO)CN1c1ccc(Br)cc1CNC1CC1. The molecule has 2 aliphatic rings.